The van der Waals surface area contributed by atoms with Gasteiger partial charge in [0.15, 0.2) is 0 Å². The van der Waals surface area contributed by atoms with E-state index in [0.29, 0.717) is 12.6 Å². The van der Waals surface area contributed by atoms with Crippen molar-refractivity contribution < 1.29 is 4.79 Å². The molecule has 0 atom stereocenters. The number of amides is 2. The summed E-state index contributed by atoms with van der Waals surface area (Å²) in [5.74, 6) is 0. The number of unbranched alkanes of at least 4 members (excludes halogenated alkanes) is 2. The monoisotopic (exact) mass is 395 g/mol. The van der Waals surface area contributed by atoms with Crippen molar-refractivity contribution in [3.63, 3.8) is 0 Å². The molecule has 1 heterocycles. The lowest BCUT2D eigenvalue weighted by molar-refractivity contribution is 0.185. The van der Waals surface area contributed by atoms with Crippen LogP contribution in [0.4, 0.5) is 4.79 Å². The number of nitrogens with zero attached hydrogens (tertiary/aromatic N) is 2. The topological polar surface area (TPSA) is 37.3 Å². The quantitative estimate of drug-likeness (QED) is 0.529. The highest BCUT2D eigenvalue weighted by atomic mass is 16.2. The summed E-state index contributed by atoms with van der Waals surface area (Å²) in [7, 11) is 0. The first kappa shape index (κ1) is 21.5. The van der Waals surface area contributed by atoms with Gasteiger partial charge in [0.25, 0.3) is 0 Å². The molecule has 29 heavy (non-hydrogen) atoms. The fourth-order valence-corrected chi connectivity index (χ4v) is 4.27. The van der Waals surface area contributed by atoms with Gasteiger partial charge in [-0.1, -0.05) is 68.9 Å². The van der Waals surface area contributed by atoms with Crippen molar-refractivity contribution >= 4 is 6.03 Å². The Labute approximate surface area is 176 Å². The predicted octanol–water partition coefficient (Wildman–Crippen LogP) is 5.88. The summed E-state index contributed by atoms with van der Waals surface area (Å²) < 4.78 is 2.27. The first-order chi connectivity index (χ1) is 14.2. The molecular weight excluding hydrogens is 358 g/mol. The van der Waals surface area contributed by atoms with Gasteiger partial charge in [0.1, 0.15) is 0 Å². The van der Waals surface area contributed by atoms with Gasteiger partial charge in [-0.05, 0) is 43.9 Å². The van der Waals surface area contributed by atoms with E-state index in [4.69, 9.17) is 0 Å². The first-order valence-electron chi connectivity index (χ1n) is 11.4. The van der Waals surface area contributed by atoms with Gasteiger partial charge in [0.2, 0.25) is 0 Å². The first-order valence-corrected chi connectivity index (χ1v) is 11.4. The SMILES string of the molecule is CCCCCN(Cc1cccn1Cc1cccc(C)c1)C(=O)NC1CCCCC1. The van der Waals surface area contributed by atoms with Gasteiger partial charge in [-0.15, -0.1) is 0 Å². The number of hydrogen-bond acceptors (Lipinski definition) is 1. The van der Waals surface area contributed by atoms with Gasteiger partial charge in [0, 0.05) is 31.0 Å². The van der Waals surface area contributed by atoms with Crippen molar-refractivity contribution in [2.24, 2.45) is 0 Å². The molecule has 1 N–H and O–H groups in total. The molecule has 0 bridgehead atoms. The molecule has 4 heteroatoms. The highest BCUT2D eigenvalue weighted by Crippen LogP contribution is 2.18. The number of aryl methyl sites for hydroxylation is 1. The lowest BCUT2D eigenvalue weighted by Crippen LogP contribution is -2.45. The third-order valence-electron chi connectivity index (χ3n) is 5.96. The predicted molar refractivity (Wildman–Crippen MR) is 120 cm³/mol. The molecule has 0 aliphatic heterocycles. The molecule has 1 aromatic carbocycles. The Morgan fingerprint density at radius 2 is 1.97 bits per heavy atom. The molecule has 1 fully saturated rings. The molecule has 158 valence electrons. The van der Waals surface area contributed by atoms with Crippen LogP contribution in [0.15, 0.2) is 42.6 Å². The normalized spacial score (nSPS) is 14.7. The number of hydrogen-bond donors (Lipinski definition) is 1. The van der Waals surface area contributed by atoms with E-state index in [1.54, 1.807) is 0 Å². The zero-order valence-corrected chi connectivity index (χ0v) is 18.2. The van der Waals surface area contributed by atoms with Crippen LogP contribution in [-0.2, 0) is 13.1 Å². The van der Waals surface area contributed by atoms with Gasteiger partial charge in [0.05, 0.1) is 6.54 Å². The average Bonchev–Trinajstić information content (AvgIpc) is 3.14. The number of carbonyl (C=O) groups is 1. The van der Waals surface area contributed by atoms with Gasteiger partial charge < -0.3 is 14.8 Å². The van der Waals surface area contributed by atoms with Crippen LogP contribution in [0.3, 0.4) is 0 Å². The van der Waals surface area contributed by atoms with Crippen LogP contribution in [0.2, 0.25) is 0 Å². The third kappa shape index (κ3) is 6.66. The number of aromatic nitrogens is 1. The van der Waals surface area contributed by atoms with Crippen molar-refractivity contribution in [2.45, 2.75) is 84.3 Å². The Hall–Kier alpha value is -2.23. The Bertz CT molecular complexity index is 761. The molecule has 0 spiro atoms. The summed E-state index contributed by atoms with van der Waals surface area (Å²) in [6.07, 6.45) is 11.5. The van der Waals surface area contributed by atoms with Crippen molar-refractivity contribution in [1.29, 1.82) is 0 Å². The molecule has 1 aliphatic rings. The van der Waals surface area contributed by atoms with Crippen LogP contribution >= 0.6 is 0 Å². The molecule has 1 saturated carbocycles. The van der Waals surface area contributed by atoms with E-state index in [1.807, 2.05) is 4.90 Å². The minimum absolute atomic E-state index is 0.108. The Morgan fingerprint density at radius 3 is 2.72 bits per heavy atom. The van der Waals surface area contributed by atoms with Crippen LogP contribution in [-0.4, -0.2) is 28.1 Å². The molecule has 0 saturated heterocycles. The second-order valence-electron chi connectivity index (χ2n) is 8.53. The lowest BCUT2D eigenvalue weighted by Gasteiger charge is -2.29. The maximum Gasteiger partial charge on any atom is 0.317 e. The third-order valence-corrected chi connectivity index (χ3v) is 5.96. The largest absolute Gasteiger partial charge is 0.345 e. The van der Waals surface area contributed by atoms with Crippen molar-refractivity contribution in [3.05, 3.63) is 59.4 Å². The van der Waals surface area contributed by atoms with Crippen LogP contribution in [0.25, 0.3) is 0 Å². The van der Waals surface area contributed by atoms with E-state index in [1.165, 1.54) is 42.5 Å². The minimum atomic E-state index is 0.108. The second-order valence-corrected chi connectivity index (χ2v) is 8.53. The number of carbonyl (C=O) groups excluding carboxylic acids is 1. The highest BCUT2D eigenvalue weighted by Gasteiger charge is 2.20. The van der Waals surface area contributed by atoms with Crippen LogP contribution in [0, 0.1) is 6.92 Å². The molecule has 2 aromatic rings. The van der Waals surface area contributed by atoms with Crippen molar-refractivity contribution in [3.8, 4) is 0 Å². The maximum absolute atomic E-state index is 13.1. The lowest BCUT2D eigenvalue weighted by atomic mass is 9.96. The van der Waals surface area contributed by atoms with E-state index in [2.05, 4.69) is 66.3 Å². The van der Waals surface area contributed by atoms with E-state index in [9.17, 15) is 4.79 Å². The van der Waals surface area contributed by atoms with Gasteiger partial charge in [-0.2, -0.15) is 0 Å². The molecule has 3 rings (SSSR count). The molecule has 0 unspecified atom stereocenters. The molecule has 1 aliphatic carbocycles. The average molecular weight is 396 g/mol. The smallest absolute Gasteiger partial charge is 0.317 e. The highest BCUT2D eigenvalue weighted by molar-refractivity contribution is 5.74. The van der Waals surface area contributed by atoms with E-state index < -0.39 is 0 Å². The van der Waals surface area contributed by atoms with Gasteiger partial charge in [-0.25, -0.2) is 4.79 Å². The fraction of sp³-hybridized carbons (Fsp3) is 0.560. The number of urea groups is 1. The Morgan fingerprint density at radius 1 is 1.14 bits per heavy atom. The Kier molecular flexibility index (Phi) is 8.21. The standard InChI is InChI=1S/C25H37N3O/c1-3-4-8-16-28(25(29)26-23-13-6-5-7-14-23)20-24-15-10-17-27(24)19-22-12-9-11-21(2)18-22/h9-12,15,17-18,23H,3-8,13-14,16,19-20H2,1-2H3,(H,26,29). The van der Waals surface area contributed by atoms with Crippen LogP contribution in [0.1, 0.15) is 75.1 Å². The number of nitrogens with one attached hydrogen (secondary N) is 1. The summed E-state index contributed by atoms with van der Waals surface area (Å²) in [6, 6.07) is 13.4. The molecule has 1 aromatic heterocycles. The molecule has 4 nitrogen and oxygen atoms in total. The van der Waals surface area contributed by atoms with Gasteiger partial charge >= 0.3 is 6.03 Å². The zero-order chi connectivity index (χ0) is 20.5. The van der Waals surface area contributed by atoms with Crippen molar-refractivity contribution in [2.75, 3.05) is 6.54 Å². The van der Waals surface area contributed by atoms with Crippen molar-refractivity contribution in [1.82, 2.24) is 14.8 Å². The zero-order valence-electron chi connectivity index (χ0n) is 18.2. The van der Waals surface area contributed by atoms with Crippen LogP contribution < -0.4 is 5.32 Å². The van der Waals surface area contributed by atoms with E-state index in [0.717, 1.165) is 38.8 Å². The minimum Gasteiger partial charge on any atom is -0.345 e. The maximum atomic E-state index is 13.1. The fourth-order valence-electron chi connectivity index (χ4n) is 4.27. The summed E-state index contributed by atoms with van der Waals surface area (Å²) in [5, 5.41) is 3.31. The van der Waals surface area contributed by atoms with Gasteiger partial charge in [-0.3, -0.25) is 0 Å². The second kappa shape index (κ2) is 11.1. The van der Waals surface area contributed by atoms with E-state index in [-0.39, 0.29) is 6.03 Å². The Balaban J connectivity index is 1.66. The summed E-state index contributed by atoms with van der Waals surface area (Å²) in [6.45, 7) is 6.67. The number of benzene rings is 1. The van der Waals surface area contributed by atoms with Crippen LogP contribution in [0.5, 0.6) is 0 Å². The van der Waals surface area contributed by atoms with E-state index >= 15 is 0 Å². The summed E-state index contributed by atoms with van der Waals surface area (Å²) in [5.41, 5.74) is 3.78. The molecule has 0 radical (unpaired) electrons. The molecular formula is C25H37N3O. The molecule has 2 amide bonds. The number of rotatable bonds is 9. The summed E-state index contributed by atoms with van der Waals surface area (Å²) >= 11 is 0. The summed E-state index contributed by atoms with van der Waals surface area (Å²) in [4.78, 5) is 15.1.